The first kappa shape index (κ1) is 38.2. The SMILES string of the molecule is c1ccc(-n2c3ccc(-c4cc(-c5ccc6c(c5)-c5ccccc5-c5ccccc5-c5ccccc5-6)cc(-c5ccc6c(c5)c5cccnc5n6-c5ccccc5)c4)cc3c3cccnc32)cc1. The maximum absolute atomic E-state index is 4.92. The summed E-state index contributed by atoms with van der Waals surface area (Å²) in [5.41, 5.74) is 23.1. The lowest BCUT2D eigenvalue weighted by molar-refractivity contribution is 1.14. The first-order chi connectivity index (χ1) is 33.7. The van der Waals surface area contributed by atoms with E-state index in [4.69, 9.17) is 9.97 Å². The van der Waals surface area contributed by atoms with Gasteiger partial charge in [-0.05, 0) is 175 Å². The predicted octanol–water partition coefficient (Wildman–Crippen LogP) is 16.7. The standard InChI is InChI=1S/C64H40N4/c1-3-15-47(16-4-1)67-61-31-28-42(39-59(61)56-25-13-33-65-63(56)67)45-35-44(36-46(37-45)43-29-32-62-60(40-43)57-26-14-34-66-64(57)68(62)48-17-5-2-6-18-48)41-27-30-55-53-23-10-9-21-51(53)49-19-7-8-20-50(49)52-22-11-12-24-54(52)58(55)38-41/h1-40H. The number of hydrogen-bond acceptors (Lipinski definition) is 2. The van der Waals surface area contributed by atoms with Gasteiger partial charge in [0.25, 0.3) is 0 Å². The number of fused-ring (bicyclic) bond motifs is 14. The van der Waals surface area contributed by atoms with Crippen molar-refractivity contribution in [3.8, 4) is 89.3 Å². The number of pyridine rings is 2. The number of rotatable bonds is 5. The highest BCUT2D eigenvalue weighted by atomic mass is 15.1. The summed E-state index contributed by atoms with van der Waals surface area (Å²) >= 11 is 0. The molecule has 0 unspecified atom stereocenters. The molecular weight excluding hydrogens is 825 g/mol. The van der Waals surface area contributed by atoms with Crippen molar-refractivity contribution in [3.63, 3.8) is 0 Å². The van der Waals surface area contributed by atoms with Crippen molar-refractivity contribution >= 4 is 43.9 Å². The first-order valence-corrected chi connectivity index (χ1v) is 23.2. The molecule has 1 aliphatic rings. The molecule has 1 aliphatic carbocycles. The number of aromatic nitrogens is 4. The highest BCUT2D eigenvalue weighted by Gasteiger charge is 2.23. The third-order valence-corrected chi connectivity index (χ3v) is 14.0. The molecule has 4 nitrogen and oxygen atoms in total. The van der Waals surface area contributed by atoms with Crippen LogP contribution in [0.4, 0.5) is 0 Å². The fraction of sp³-hybridized carbons (Fsp3) is 0. The van der Waals surface area contributed by atoms with E-state index in [1.807, 2.05) is 24.5 Å². The number of benzene rings is 9. The van der Waals surface area contributed by atoms with E-state index in [0.717, 1.165) is 77.9 Å². The molecule has 14 rings (SSSR count). The second-order valence-electron chi connectivity index (χ2n) is 17.8. The van der Waals surface area contributed by atoms with Crippen LogP contribution in [0, 0.1) is 0 Å². The molecule has 0 bridgehead atoms. The van der Waals surface area contributed by atoms with Gasteiger partial charge in [-0.2, -0.15) is 0 Å². The van der Waals surface area contributed by atoms with E-state index in [0.29, 0.717) is 0 Å². The van der Waals surface area contributed by atoms with Gasteiger partial charge in [0.1, 0.15) is 11.3 Å². The molecule has 4 heteroatoms. The lowest BCUT2D eigenvalue weighted by Gasteiger charge is -2.23. The maximum Gasteiger partial charge on any atom is 0.145 e. The second-order valence-corrected chi connectivity index (χ2v) is 17.8. The lowest BCUT2D eigenvalue weighted by Crippen LogP contribution is -1.97. The molecule has 68 heavy (non-hydrogen) atoms. The molecule has 316 valence electrons. The van der Waals surface area contributed by atoms with Crippen molar-refractivity contribution in [2.24, 2.45) is 0 Å². The third-order valence-electron chi connectivity index (χ3n) is 14.0. The Hall–Kier alpha value is -9.12. The number of para-hydroxylation sites is 2. The summed E-state index contributed by atoms with van der Waals surface area (Å²) in [4.78, 5) is 9.84. The maximum atomic E-state index is 4.92. The Labute approximate surface area is 393 Å². The second kappa shape index (κ2) is 15.2. The topological polar surface area (TPSA) is 35.6 Å². The van der Waals surface area contributed by atoms with Gasteiger partial charge < -0.3 is 0 Å². The van der Waals surface area contributed by atoms with Crippen LogP contribution >= 0.6 is 0 Å². The summed E-state index contributed by atoms with van der Waals surface area (Å²) in [6, 6.07) is 84.2. The zero-order valence-corrected chi connectivity index (χ0v) is 36.9. The largest absolute Gasteiger partial charge is 0.294 e. The van der Waals surface area contributed by atoms with Crippen molar-refractivity contribution < 1.29 is 0 Å². The van der Waals surface area contributed by atoms with E-state index >= 15 is 0 Å². The fourth-order valence-corrected chi connectivity index (χ4v) is 10.9. The Morgan fingerprint density at radius 2 is 0.588 bits per heavy atom. The van der Waals surface area contributed by atoms with Gasteiger partial charge in [-0.1, -0.05) is 133 Å². The Morgan fingerprint density at radius 1 is 0.235 bits per heavy atom. The highest BCUT2D eigenvalue weighted by Crippen LogP contribution is 2.49. The van der Waals surface area contributed by atoms with Crippen LogP contribution in [0.5, 0.6) is 0 Å². The van der Waals surface area contributed by atoms with Gasteiger partial charge in [0, 0.05) is 45.3 Å². The third kappa shape index (κ3) is 5.94. The fourth-order valence-electron chi connectivity index (χ4n) is 10.9. The zero-order valence-electron chi connectivity index (χ0n) is 36.9. The molecule has 0 N–H and O–H groups in total. The Balaban J connectivity index is 1.01. The van der Waals surface area contributed by atoms with Gasteiger partial charge >= 0.3 is 0 Å². The molecule has 4 heterocycles. The molecule has 0 radical (unpaired) electrons. The monoisotopic (exact) mass is 864 g/mol. The molecular formula is C64H40N4. The molecule has 0 atom stereocenters. The average molecular weight is 865 g/mol. The van der Waals surface area contributed by atoms with Crippen LogP contribution in [-0.4, -0.2) is 19.1 Å². The van der Waals surface area contributed by atoms with E-state index in [-0.39, 0.29) is 0 Å². The van der Waals surface area contributed by atoms with E-state index < -0.39 is 0 Å². The smallest absolute Gasteiger partial charge is 0.145 e. The normalized spacial score (nSPS) is 11.8. The van der Waals surface area contributed by atoms with Crippen molar-refractivity contribution in [2.75, 3.05) is 0 Å². The summed E-state index contributed by atoms with van der Waals surface area (Å²) in [5, 5.41) is 4.59. The van der Waals surface area contributed by atoms with Gasteiger partial charge in [0.2, 0.25) is 0 Å². The minimum absolute atomic E-state index is 0.947. The van der Waals surface area contributed by atoms with Crippen LogP contribution in [-0.2, 0) is 0 Å². The van der Waals surface area contributed by atoms with Crippen molar-refractivity contribution in [2.45, 2.75) is 0 Å². The van der Waals surface area contributed by atoms with Crippen LogP contribution in [0.2, 0.25) is 0 Å². The predicted molar refractivity (Wildman–Crippen MR) is 282 cm³/mol. The number of nitrogens with zero attached hydrogens (tertiary/aromatic N) is 4. The Kier molecular flexibility index (Phi) is 8.55. The van der Waals surface area contributed by atoms with Crippen LogP contribution in [0.25, 0.3) is 133 Å². The minimum atomic E-state index is 0.947. The van der Waals surface area contributed by atoms with Gasteiger partial charge in [-0.25, -0.2) is 9.97 Å². The van der Waals surface area contributed by atoms with E-state index in [2.05, 4.69) is 228 Å². The van der Waals surface area contributed by atoms with Crippen LogP contribution in [0.3, 0.4) is 0 Å². The average Bonchev–Trinajstić information content (AvgIpc) is 3.93. The Bertz CT molecular complexity index is 3960. The molecule has 0 aliphatic heterocycles. The quantitative estimate of drug-likeness (QED) is 0.173. The number of hydrogen-bond donors (Lipinski definition) is 0. The van der Waals surface area contributed by atoms with Crippen molar-refractivity contribution in [1.82, 2.24) is 19.1 Å². The molecule has 0 spiro atoms. The van der Waals surface area contributed by atoms with Crippen LogP contribution < -0.4 is 0 Å². The first-order valence-electron chi connectivity index (χ1n) is 23.2. The van der Waals surface area contributed by atoms with Crippen molar-refractivity contribution in [1.29, 1.82) is 0 Å². The molecule has 9 aromatic carbocycles. The van der Waals surface area contributed by atoms with Gasteiger partial charge in [-0.3, -0.25) is 9.13 Å². The molecule has 4 aromatic heterocycles. The summed E-state index contributed by atoms with van der Waals surface area (Å²) in [7, 11) is 0. The molecule has 0 fully saturated rings. The van der Waals surface area contributed by atoms with Crippen LogP contribution in [0.15, 0.2) is 243 Å². The lowest BCUT2D eigenvalue weighted by atomic mass is 9.80. The van der Waals surface area contributed by atoms with E-state index in [9.17, 15) is 0 Å². The molecule has 0 saturated heterocycles. The Morgan fingerprint density at radius 3 is 1.01 bits per heavy atom. The van der Waals surface area contributed by atoms with Gasteiger partial charge in [0.05, 0.1) is 11.0 Å². The highest BCUT2D eigenvalue weighted by molar-refractivity contribution is 6.11. The summed E-state index contributed by atoms with van der Waals surface area (Å²) in [6.45, 7) is 0. The summed E-state index contributed by atoms with van der Waals surface area (Å²) in [6.07, 6.45) is 3.78. The van der Waals surface area contributed by atoms with Crippen molar-refractivity contribution in [3.05, 3.63) is 243 Å². The molecule has 0 amide bonds. The molecule has 13 aromatic rings. The minimum Gasteiger partial charge on any atom is -0.294 e. The summed E-state index contributed by atoms with van der Waals surface area (Å²) in [5.74, 6) is 0. The zero-order chi connectivity index (χ0) is 44.7. The van der Waals surface area contributed by atoms with E-state index in [1.54, 1.807) is 0 Å². The van der Waals surface area contributed by atoms with E-state index in [1.165, 1.54) is 55.3 Å². The van der Waals surface area contributed by atoms with Gasteiger partial charge in [-0.15, -0.1) is 0 Å². The molecule has 0 saturated carbocycles. The summed E-state index contributed by atoms with van der Waals surface area (Å²) < 4.78 is 4.55. The van der Waals surface area contributed by atoms with Crippen LogP contribution in [0.1, 0.15) is 0 Å². The van der Waals surface area contributed by atoms with Gasteiger partial charge in [0.15, 0.2) is 0 Å².